The standard InChI is InChI=1S/C35H42F3N5O7SSi.C28H27N5O4/c1-7-34(33(18-19-33)50-52(5,6)32(2,3)4)27(47-20-23-14-10-8-11-15-23)26(49-51(45,46)35(36,37)38)31(48-34)43-22-41-25-28(39-21-40-29(25)43)42-30(44)24-16-12-9-13-17-24;1-2-28-22(35-15-18-9-5-3-6-10-18)21(36-27(28)13-14-27)26(37-28)33-17-31-20-23(29-16-30-24(20)33)32-25(34)19-11-7-4-8-12-19/h8-17,21-22,26-27,31H,7,18-20H2,1-6H3,(H,39,40,42,44);3-12,16-17,21-22,26H,2,13-15H2,1H3,(H,29,30,32,34)/t26?,27-,31-,34-;21?,22-,26-,28-/m11/s1. The molecule has 89 heavy (non-hydrogen) atoms. The van der Waals surface area contributed by atoms with Gasteiger partial charge in [0, 0.05) is 11.1 Å². The number of aromatic nitrogens is 8. The van der Waals surface area contributed by atoms with Crippen molar-refractivity contribution >= 4 is 64.2 Å². The number of carbonyl (C=O) groups is 2. The van der Waals surface area contributed by atoms with E-state index in [9.17, 15) is 31.2 Å². The molecule has 21 nitrogen and oxygen atoms in total. The second-order valence-electron chi connectivity index (χ2n) is 24.6. The predicted octanol–water partition coefficient (Wildman–Crippen LogP) is 11.4. The molecule has 2 amide bonds. The molecule has 2 N–H and O–H groups in total. The lowest BCUT2D eigenvalue weighted by molar-refractivity contribution is -0.224. The van der Waals surface area contributed by atoms with E-state index in [1.807, 2.05) is 47.0 Å². The van der Waals surface area contributed by atoms with Crippen LogP contribution >= 0.6 is 0 Å². The van der Waals surface area contributed by atoms with E-state index >= 15 is 0 Å². The molecule has 13 rings (SSSR count). The van der Waals surface area contributed by atoms with Crippen molar-refractivity contribution in [3.63, 3.8) is 0 Å². The predicted molar refractivity (Wildman–Crippen MR) is 323 cm³/mol. The fourth-order valence-electron chi connectivity index (χ4n) is 12.5. The molecule has 26 heteroatoms. The van der Waals surface area contributed by atoms with Gasteiger partial charge in [-0.1, -0.05) is 132 Å². The summed E-state index contributed by atoms with van der Waals surface area (Å²) in [4.78, 5) is 52.0. The van der Waals surface area contributed by atoms with E-state index in [-0.39, 0.29) is 58.8 Å². The molecule has 0 radical (unpaired) electrons. The van der Waals surface area contributed by atoms with E-state index in [0.29, 0.717) is 53.1 Å². The molecular formula is C63H69F3N10O11SSi. The van der Waals surface area contributed by atoms with Crippen LogP contribution in [-0.4, -0.2) is 120 Å². The number of fused-ring (bicyclic) bond motifs is 5. The van der Waals surface area contributed by atoms with Gasteiger partial charge in [0.1, 0.15) is 47.8 Å². The van der Waals surface area contributed by atoms with Crippen molar-refractivity contribution in [3.8, 4) is 0 Å². The van der Waals surface area contributed by atoms with Crippen LogP contribution in [-0.2, 0) is 55.6 Å². The lowest BCUT2D eigenvalue weighted by Gasteiger charge is -2.47. The SMILES string of the molecule is CC[C@@]1(C2(O[Si](C)(C)C(C)(C)C)CC2)O[C@@H](n2cnc3c(NC(=O)c4ccccc4)ncnc32)C(OS(=O)(=O)C(F)(F)F)[C@H]1OCc1ccccc1.CC[C@]12O[C@@H](n3cnc4c(NC(=O)c5ccccc5)ncnc43)C(OC13CC3)[C@H]2OCc1ccccc1. The van der Waals surface area contributed by atoms with Crippen LogP contribution in [0.15, 0.2) is 147 Å². The molecule has 3 aliphatic heterocycles. The van der Waals surface area contributed by atoms with Gasteiger partial charge >= 0.3 is 15.6 Å². The molecule has 8 aromatic rings. The largest absolute Gasteiger partial charge is 0.523 e. The van der Waals surface area contributed by atoms with Crippen LogP contribution in [0.4, 0.5) is 24.8 Å². The van der Waals surface area contributed by atoms with E-state index in [2.05, 4.69) is 93.5 Å². The van der Waals surface area contributed by atoms with Crippen molar-refractivity contribution in [2.24, 2.45) is 0 Å². The van der Waals surface area contributed by atoms with Crippen LogP contribution in [0.3, 0.4) is 0 Å². The van der Waals surface area contributed by atoms with E-state index in [1.54, 1.807) is 80.0 Å². The number of benzene rings is 4. The Morgan fingerprint density at radius 3 is 1.51 bits per heavy atom. The zero-order chi connectivity index (χ0) is 62.8. The van der Waals surface area contributed by atoms with Crippen molar-refractivity contribution in [2.75, 3.05) is 10.6 Å². The Morgan fingerprint density at radius 1 is 0.618 bits per heavy atom. The summed E-state index contributed by atoms with van der Waals surface area (Å²) >= 11 is 0. The Kier molecular flexibility index (Phi) is 16.3. The maximum atomic E-state index is 14.1. The first-order chi connectivity index (χ1) is 42.5. The van der Waals surface area contributed by atoms with Crippen LogP contribution in [0.1, 0.15) is 117 Å². The third kappa shape index (κ3) is 11.2. The average Bonchev–Trinajstić information content (AvgIpc) is 1.51. The summed E-state index contributed by atoms with van der Waals surface area (Å²) in [6.07, 6.45) is 3.57. The van der Waals surface area contributed by atoms with Gasteiger partial charge in [0.25, 0.3) is 11.8 Å². The van der Waals surface area contributed by atoms with Crippen molar-refractivity contribution in [1.29, 1.82) is 0 Å². The van der Waals surface area contributed by atoms with E-state index in [0.717, 1.165) is 31.2 Å². The number of halogens is 3. The Labute approximate surface area is 513 Å². The highest BCUT2D eigenvalue weighted by molar-refractivity contribution is 7.87. The Bertz CT molecular complexity index is 3990. The lowest BCUT2D eigenvalue weighted by Crippen LogP contribution is -2.60. The monoisotopic (exact) mass is 1260 g/mol. The number of alkyl halides is 3. The number of hydrogen-bond donors (Lipinski definition) is 2. The quantitative estimate of drug-likeness (QED) is 0.0434. The van der Waals surface area contributed by atoms with Crippen molar-refractivity contribution in [1.82, 2.24) is 39.0 Å². The molecule has 2 unspecified atom stereocenters. The number of carbonyl (C=O) groups excluding carboxylic acids is 2. The summed E-state index contributed by atoms with van der Waals surface area (Å²) < 4.78 is 117. The van der Waals surface area contributed by atoms with Crippen molar-refractivity contribution < 1.29 is 63.5 Å². The molecule has 3 saturated heterocycles. The summed E-state index contributed by atoms with van der Waals surface area (Å²) in [6, 6.07) is 36.5. The zero-order valence-electron chi connectivity index (χ0n) is 50.1. The van der Waals surface area contributed by atoms with Gasteiger partial charge in [0.2, 0.25) is 0 Å². The van der Waals surface area contributed by atoms with Gasteiger partial charge in [-0.2, -0.15) is 21.6 Å². The van der Waals surface area contributed by atoms with Crippen LogP contribution in [0.25, 0.3) is 22.3 Å². The highest BCUT2D eigenvalue weighted by Crippen LogP contribution is 2.67. The van der Waals surface area contributed by atoms with E-state index in [1.165, 1.54) is 17.2 Å². The number of amides is 2. The molecule has 4 aromatic carbocycles. The van der Waals surface area contributed by atoms with Gasteiger partial charge in [-0.25, -0.2) is 29.9 Å². The number of imidazole rings is 2. The van der Waals surface area contributed by atoms with Gasteiger partial charge in [-0.3, -0.25) is 22.9 Å². The molecule has 5 aliphatic rings. The first kappa shape index (κ1) is 61.8. The molecule has 2 saturated carbocycles. The average molecular weight is 1260 g/mol. The minimum atomic E-state index is -6.19. The highest BCUT2D eigenvalue weighted by Gasteiger charge is 2.78. The number of ether oxygens (including phenoxy) is 5. The minimum absolute atomic E-state index is 0.0227. The van der Waals surface area contributed by atoms with Crippen molar-refractivity contribution in [2.45, 2.75) is 169 Å². The third-order valence-corrected chi connectivity index (χ3v) is 23.8. The molecule has 7 heterocycles. The van der Waals surface area contributed by atoms with Crippen LogP contribution < -0.4 is 10.6 Å². The van der Waals surface area contributed by atoms with Gasteiger partial charge in [0.15, 0.2) is 60.8 Å². The van der Waals surface area contributed by atoms with E-state index in [4.69, 9.17) is 32.3 Å². The molecule has 2 aliphatic carbocycles. The zero-order valence-corrected chi connectivity index (χ0v) is 51.9. The van der Waals surface area contributed by atoms with Gasteiger partial charge in [0.05, 0.1) is 31.5 Å². The van der Waals surface area contributed by atoms with E-state index < -0.39 is 71.3 Å². The maximum Gasteiger partial charge on any atom is 0.523 e. The van der Waals surface area contributed by atoms with Crippen LogP contribution in [0.2, 0.25) is 18.1 Å². The minimum Gasteiger partial charge on any atom is -0.408 e. The Morgan fingerprint density at radius 2 is 1.07 bits per heavy atom. The number of rotatable bonds is 19. The summed E-state index contributed by atoms with van der Waals surface area (Å²) in [5.74, 6) is -0.371. The third-order valence-electron chi connectivity index (χ3n) is 18.2. The first-order valence-electron chi connectivity index (χ1n) is 29.6. The number of nitrogens with one attached hydrogen (secondary N) is 2. The topological polar surface area (TPSA) is 244 Å². The molecule has 5 fully saturated rings. The Hall–Kier alpha value is -7.40. The highest BCUT2D eigenvalue weighted by atomic mass is 32.2. The smallest absolute Gasteiger partial charge is 0.408 e. The lowest BCUT2D eigenvalue weighted by atomic mass is 9.84. The molecule has 4 aromatic heterocycles. The van der Waals surface area contributed by atoms with Gasteiger partial charge < -0.3 is 38.7 Å². The summed E-state index contributed by atoms with van der Waals surface area (Å²) in [7, 11) is -8.75. The fourth-order valence-corrected chi connectivity index (χ4v) is 14.7. The second kappa shape index (κ2) is 23.4. The van der Waals surface area contributed by atoms with Gasteiger partial charge in [-0.15, -0.1) is 0 Å². The molecular weight excluding hydrogens is 1190 g/mol. The van der Waals surface area contributed by atoms with Crippen LogP contribution in [0, 0.1) is 0 Å². The summed E-state index contributed by atoms with van der Waals surface area (Å²) in [5.41, 5.74) is -5.21. The number of nitrogens with zero attached hydrogens (tertiary/aromatic N) is 8. The number of anilines is 2. The normalized spacial score (nSPS) is 25.0. The second-order valence-corrected chi connectivity index (χ2v) is 30.9. The molecule has 1 spiro atoms. The van der Waals surface area contributed by atoms with Crippen LogP contribution in [0.5, 0.6) is 0 Å². The number of hydrogen-bond acceptors (Lipinski definition) is 17. The summed E-state index contributed by atoms with van der Waals surface area (Å²) in [5, 5.41) is 5.32. The van der Waals surface area contributed by atoms with Gasteiger partial charge in [-0.05, 0) is 92.0 Å². The maximum absolute atomic E-state index is 14.1. The molecule has 2 bridgehead atoms. The molecule has 8 atom stereocenters. The first-order valence-corrected chi connectivity index (χ1v) is 33.9. The van der Waals surface area contributed by atoms with Crippen molar-refractivity contribution in [3.05, 3.63) is 169 Å². The molecule has 468 valence electrons. The Balaban J connectivity index is 0.000000182. The summed E-state index contributed by atoms with van der Waals surface area (Å²) in [6.45, 7) is 14.7. The fraction of sp³-hybridized carbons (Fsp3) is 0.429.